The lowest BCUT2D eigenvalue weighted by molar-refractivity contribution is -0.150. The lowest BCUT2D eigenvalue weighted by Crippen LogP contribution is -2.48. The van der Waals surface area contributed by atoms with Crippen LogP contribution in [0.4, 0.5) is 0 Å². The van der Waals surface area contributed by atoms with E-state index in [1.807, 2.05) is 181 Å². The SMILES string of the molecule is C=CCNC(=O)[C@@H](CC(=O)OCc1ccccc1)N(C)CC=C.C=CCNC(=O)[C@@H](CC(=O)OCc1ccccc1)NC.CN1C/C=C\CNC(=O)[C@H]1CC(=O)OCc1ccccc1.CN1CCCCNC(=O)[C@H]1CC(=O)O.CN[C@H](CC(=O)OCc1ccccc1)C(=O)O.N[C@H](CC(=O)OCc1ccccc1)C(=O)O. The van der Waals surface area contributed by atoms with Crippen LogP contribution in [0, 0.1) is 0 Å². The first-order chi connectivity index (χ1) is 53.2. The molecule has 0 unspecified atom stereocenters. The Hall–Kier alpha value is -11.5. The average molecular weight is 1540 g/mol. The van der Waals surface area contributed by atoms with E-state index in [9.17, 15) is 57.5 Å². The third-order valence-electron chi connectivity index (χ3n) is 16.0. The number of nitrogens with two attached hydrogens (primary N) is 1. The Balaban J connectivity index is 0.000000455. The molecular formula is C81H108N10O20. The summed E-state index contributed by atoms with van der Waals surface area (Å²) in [6.07, 6.45) is 10.1. The van der Waals surface area contributed by atoms with Crippen molar-refractivity contribution in [3.05, 3.63) is 230 Å². The molecule has 7 rings (SSSR count). The molecule has 0 aliphatic carbocycles. The van der Waals surface area contributed by atoms with Gasteiger partial charge in [-0.25, -0.2) is 0 Å². The first-order valence-electron chi connectivity index (χ1n) is 35.7. The third-order valence-corrected chi connectivity index (χ3v) is 16.0. The number of amides is 4. The molecule has 30 nitrogen and oxygen atoms in total. The van der Waals surface area contributed by atoms with Crippen LogP contribution in [0.1, 0.15) is 79.2 Å². The van der Waals surface area contributed by atoms with Gasteiger partial charge >= 0.3 is 47.8 Å². The summed E-state index contributed by atoms with van der Waals surface area (Å²) < 4.78 is 25.5. The number of hydrogen-bond acceptors (Lipinski definition) is 23. The van der Waals surface area contributed by atoms with Crippen LogP contribution >= 0.6 is 0 Å². The van der Waals surface area contributed by atoms with Gasteiger partial charge < -0.3 is 76.6 Å². The minimum Gasteiger partial charge on any atom is -0.481 e. The standard InChI is InChI=1S/C18H24N2O3.C16H20N2O3.C15H20N2O3.C12H15NO4.C11H13NO4.C9H16N2O3/c1-4-11-19-18(22)16(20(3)12-5-2)13-17(21)23-14-15-9-7-6-8-10-15;1-18-10-6-5-9-17-16(20)14(18)11-15(19)21-12-13-7-3-2-4-8-13;1-3-9-17-15(19)13(16-2)10-14(18)20-11-12-7-5-4-6-8-12;1-13-10(12(15)16)7-11(14)17-8-9-5-3-2-4-6-9;12-9(11(14)15)6-10(13)16-7-8-4-2-1-3-5-8;1-11-5-3-2-4-10-9(14)7(11)6-8(12)13/h4-10,16H,1-2,11-14H2,3H3,(H,19,22);2-8,14H,9-12H2,1H3,(H,17,20);3-8,13,16H,1,9-11H2,2H3,(H,17,19);2-6,10,13H,7-8H2,1H3,(H,15,16);1-5,9H,6-7,12H2,(H,14,15);7H,2-6H2,1H3,(H,10,14)(H,12,13)/b;6-5-;;;;/t16-;14-;13-;10-;9-;7-/m111111/s1. The lowest BCUT2D eigenvalue weighted by Gasteiger charge is -2.28. The minimum absolute atomic E-state index is 0.00763. The fourth-order valence-electron chi connectivity index (χ4n) is 9.67. The molecule has 0 spiro atoms. The third kappa shape index (κ3) is 43.9. The van der Waals surface area contributed by atoms with Crippen LogP contribution in [0.2, 0.25) is 0 Å². The van der Waals surface area contributed by atoms with Crippen molar-refractivity contribution in [1.29, 1.82) is 0 Å². The molecule has 5 aromatic carbocycles. The lowest BCUT2D eigenvalue weighted by atomic mass is 10.1. The summed E-state index contributed by atoms with van der Waals surface area (Å²) in [5, 5.41) is 42.0. The van der Waals surface area contributed by atoms with Gasteiger partial charge in [-0.2, -0.15) is 0 Å². The first-order valence-corrected chi connectivity index (χ1v) is 35.7. The number of likely N-dealkylation sites (N-methyl/N-ethyl adjacent to an activating group) is 5. The van der Waals surface area contributed by atoms with Crippen molar-refractivity contribution in [2.45, 2.75) is 121 Å². The predicted molar refractivity (Wildman–Crippen MR) is 416 cm³/mol. The van der Waals surface area contributed by atoms with Gasteiger partial charge in [0.1, 0.15) is 45.1 Å². The predicted octanol–water partition coefficient (Wildman–Crippen LogP) is 5.02. The molecule has 0 saturated carbocycles. The van der Waals surface area contributed by atoms with E-state index in [4.69, 9.17) is 44.7 Å². The number of nitrogens with one attached hydrogen (secondary N) is 6. The average Bonchev–Trinajstić information content (AvgIpc) is 0.878. The number of aliphatic carboxylic acids is 3. The van der Waals surface area contributed by atoms with Gasteiger partial charge in [-0.1, -0.05) is 182 Å². The van der Waals surface area contributed by atoms with Crippen molar-refractivity contribution < 1.29 is 96.5 Å². The summed E-state index contributed by atoms with van der Waals surface area (Å²) in [5.41, 5.74) is 9.66. The zero-order valence-corrected chi connectivity index (χ0v) is 63.7. The molecule has 0 aromatic heterocycles. The maximum atomic E-state index is 12.2. The van der Waals surface area contributed by atoms with Gasteiger partial charge in [-0.3, -0.25) is 72.2 Å². The Morgan fingerprint density at radius 1 is 0.505 bits per heavy atom. The van der Waals surface area contributed by atoms with Crippen LogP contribution in [-0.2, 0) is 114 Å². The summed E-state index contributed by atoms with van der Waals surface area (Å²) in [5.74, 6) is -6.34. The topological polar surface area (TPSA) is 420 Å². The van der Waals surface area contributed by atoms with Gasteiger partial charge in [0.05, 0.1) is 62.7 Å². The summed E-state index contributed by atoms with van der Waals surface area (Å²) in [4.78, 5) is 143. The van der Waals surface area contributed by atoms with Gasteiger partial charge in [-0.15, -0.1) is 19.7 Å². The number of rotatable bonds is 35. The highest BCUT2D eigenvalue weighted by Crippen LogP contribution is 2.13. The molecule has 1 fully saturated rings. The minimum atomic E-state index is -1.21. The molecule has 602 valence electrons. The summed E-state index contributed by atoms with van der Waals surface area (Å²) in [6, 6.07) is 42.3. The number of nitrogens with zero attached hydrogens (tertiary/aromatic N) is 3. The van der Waals surface area contributed by atoms with Crippen molar-refractivity contribution in [2.24, 2.45) is 5.73 Å². The van der Waals surface area contributed by atoms with Crippen LogP contribution in [0.5, 0.6) is 0 Å². The van der Waals surface area contributed by atoms with Crippen molar-refractivity contribution in [1.82, 2.24) is 46.6 Å². The second kappa shape index (κ2) is 57.6. The highest BCUT2D eigenvalue weighted by Gasteiger charge is 2.30. The Labute approximate surface area is 648 Å². The van der Waals surface area contributed by atoms with E-state index >= 15 is 0 Å². The van der Waals surface area contributed by atoms with Gasteiger partial charge in [0.25, 0.3) is 0 Å². The normalized spacial score (nSPS) is 15.1. The number of hydrogen-bond donors (Lipinski definition) is 10. The van der Waals surface area contributed by atoms with E-state index in [1.165, 1.54) is 7.05 Å². The molecular weight excluding hydrogens is 1430 g/mol. The first kappa shape index (κ1) is 95.5. The van der Waals surface area contributed by atoms with Gasteiger partial charge in [0.15, 0.2) is 0 Å². The number of esters is 5. The number of ether oxygens (including phenoxy) is 5. The van der Waals surface area contributed by atoms with E-state index in [0.717, 1.165) is 47.2 Å². The molecule has 0 radical (unpaired) electrons. The van der Waals surface area contributed by atoms with Crippen molar-refractivity contribution in [2.75, 3.05) is 81.1 Å². The monoisotopic (exact) mass is 1540 g/mol. The second-order valence-electron chi connectivity index (χ2n) is 24.8. The molecule has 2 aliphatic heterocycles. The molecule has 5 aromatic rings. The van der Waals surface area contributed by atoms with E-state index in [1.54, 1.807) is 44.3 Å². The van der Waals surface area contributed by atoms with Crippen LogP contribution in [0.3, 0.4) is 0 Å². The van der Waals surface area contributed by atoms with E-state index in [0.29, 0.717) is 39.3 Å². The second-order valence-corrected chi connectivity index (χ2v) is 24.8. The highest BCUT2D eigenvalue weighted by molar-refractivity contribution is 5.89. The van der Waals surface area contributed by atoms with Crippen LogP contribution < -0.4 is 37.6 Å². The molecule has 2 aliphatic rings. The van der Waals surface area contributed by atoms with E-state index in [2.05, 4.69) is 51.6 Å². The maximum Gasteiger partial charge on any atom is 0.321 e. The van der Waals surface area contributed by atoms with E-state index in [-0.39, 0.29) is 101 Å². The maximum absolute atomic E-state index is 12.2. The van der Waals surface area contributed by atoms with Gasteiger partial charge in [0, 0.05) is 39.3 Å². The van der Waals surface area contributed by atoms with Crippen molar-refractivity contribution >= 4 is 71.4 Å². The fourth-order valence-corrected chi connectivity index (χ4v) is 9.67. The zero-order chi connectivity index (χ0) is 82.1. The Morgan fingerprint density at radius 3 is 1.29 bits per heavy atom. The molecule has 2 heterocycles. The van der Waals surface area contributed by atoms with Crippen molar-refractivity contribution in [3.8, 4) is 0 Å². The summed E-state index contributed by atoms with van der Waals surface area (Å²) in [7, 11) is 8.50. The van der Waals surface area contributed by atoms with Gasteiger partial charge in [-0.05, 0) is 82.4 Å². The molecule has 11 N–H and O–H groups in total. The Morgan fingerprint density at radius 2 is 0.892 bits per heavy atom. The number of benzene rings is 5. The smallest absolute Gasteiger partial charge is 0.321 e. The van der Waals surface area contributed by atoms with E-state index < -0.39 is 78.0 Å². The number of carboxylic acid groups (broad SMARTS) is 3. The molecule has 30 heteroatoms. The number of carbonyl (C=O) groups excluding carboxylic acids is 9. The number of carbonyl (C=O) groups is 12. The van der Waals surface area contributed by atoms with Crippen LogP contribution in [0.15, 0.2) is 202 Å². The Kier molecular flexibility index (Phi) is 49.5. The van der Waals surface area contributed by atoms with Crippen LogP contribution in [0.25, 0.3) is 0 Å². The molecule has 1 saturated heterocycles. The molecule has 4 amide bonds. The molecule has 111 heavy (non-hydrogen) atoms. The Bertz CT molecular complexity index is 3670. The molecule has 6 atom stereocenters. The quantitative estimate of drug-likeness (QED) is 0.0145. The zero-order valence-electron chi connectivity index (χ0n) is 63.7. The summed E-state index contributed by atoms with van der Waals surface area (Å²) in [6.45, 7) is 15.5. The number of carboxylic acids is 3. The van der Waals surface area contributed by atoms with Crippen molar-refractivity contribution in [3.63, 3.8) is 0 Å². The molecule has 0 bridgehead atoms. The van der Waals surface area contributed by atoms with Gasteiger partial charge in [0.2, 0.25) is 23.6 Å². The fraction of sp³-hybridized carbons (Fsp3) is 0.383. The highest BCUT2D eigenvalue weighted by atomic mass is 16.5. The largest absolute Gasteiger partial charge is 0.481 e. The summed E-state index contributed by atoms with van der Waals surface area (Å²) >= 11 is 0. The van der Waals surface area contributed by atoms with Crippen LogP contribution in [-0.4, -0.2) is 219 Å².